The lowest BCUT2D eigenvalue weighted by molar-refractivity contribution is 0.275. The van der Waals surface area contributed by atoms with Crippen LogP contribution in [-0.4, -0.2) is 24.6 Å². The van der Waals surface area contributed by atoms with Gasteiger partial charge in [0.1, 0.15) is 0 Å². The molecule has 0 saturated heterocycles. The Kier molecular flexibility index (Phi) is 6.70. The SMILES string of the molecule is CCNC1CCCC(CCCSC)C1. The molecule has 1 rings (SSSR count). The Morgan fingerprint density at radius 2 is 2.21 bits per heavy atom. The van der Waals surface area contributed by atoms with Crippen LogP contribution in [0.2, 0.25) is 0 Å². The molecule has 0 spiro atoms. The predicted octanol–water partition coefficient (Wildman–Crippen LogP) is 3.30. The number of thioether (sulfide) groups is 1. The highest BCUT2D eigenvalue weighted by molar-refractivity contribution is 7.98. The molecule has 0 aromatic heterocycles. The van der Waals surface area contributed by atoms with Crippen LogP contribution >= 0.6 is 11.8 Å². The van der Waals surface area contributed by atoms with Gasteiger partial charge in [-0.2, -0.15) is 11.8 Å². The number of nitrogens with one attached hydrogen (secondary N) is 1. The minimum absolute atomic E-state index is 0.827. The van der Waals surface area contributed by atoms with Gasteiger partial charge < -0.3 is 5.32 Å². The molecule has 2 heteroatoms. The maximum atomic E-state index is 3.60. The summed E-state index contributed by atoms with van der Waals surface area (Å²) in [4.78, 5) is 0. The fraction of sp³-hybridized carbons (Fsp3) is 1.00. The zero-order valence-electron chi connectivity index (χ0n) is 9.72. The largest absolute Gasteiger partial charge is 0.314 e. The molecule has 0 aliphatic heterocycles. The third kappa shape index (κ3) is 4.70. The van der Waals surface area contributed by atoms with E-state index in [1.807, 2.05) is 11.8 Å². The topological polar surface area (TPSA) is 12.0 Å². The highest BCUT2D eigenvalue weighted by atomic mass is 32.2. The number of rotatable bonds is 6. The van der Waals surface area contributed by atoms with E-state index in [9.17, 15) is 0 Å². The smallest absolute Gasteiger partial charge is 0.00695 e. The summed E-state index contributed by atoms with van der Waals surface area (Å²) in [5.41, 5.74) is 0. The molecule has 1 aliphatic rings. The first-order valence-corrected chi connectivity index (χ1v) is 7.48. The molecule has 2 atom stereocenters. The monoisotopic (exact) mass is 215 g/mol. The minimum Gasteiger partial charge on any atom is -0.314 e. The zero-order chi connectivity index (χ0) is 10.2. The summed E-state index contributed by atoms with van der Waals surface area (Å²) < 4.78 is 0. The van der Waals surface area contributed by atoms with Gasteiger partial charge in [-0.3, -0.25) is 0 Å². The average molecular weight is 215 g/mol. The van der Waals surface area contributed by atoms with E-state index in [-0.39, 0.29) is 0 Å². The first-order chi connectivity index (χ1) is 6.86. The second-order valence-corrected chi connectivity index (χ2v) is 5.41. The van der Waals surface area contributed by atoms with Gasteiger partial charge in [-0.15, -0.1) is 0 Å². The summed E-state index contributed by atoms with van der Waals surface area (Å²) in [6, 6.07) is 0.827. The van der Waals surface area contributed by atoms with Crippen molar-refractivity contribution < 1.29 is 0 Å². The molecule has 1 aliphatic carbocycles. The van der Waals surface area contributed by atoms with Gasteiger partial charge in [-0.05, 0) is 50.2 Å². The zero-order valence-corrected chi connectivity index (χ0v) is 10.5. The quantitative estimate of drug-likeness (QED) is 0.682. The molecular formula is C12H25NS. The van der Waals surface area contributed by atoms with E-state index in [0.717, 1.165) is 18.5 Å². The molecular weight excluding hydrogens is 190 g/mol. The second-order valence-electron chi connectivity index (χ2n) is 4.42. The summed E-state index contributed by atoms with van der Waals surface area (Å²) in [5, 5.41) is 3.60. The second kappa shape index (κ2) is 7.58. The van der Waals surface area contributed by atoms with Gasteiger partial charge in [-0.1, -0.05) is 19.8 Å². The number of hydrogen-bond donors (Lipinski definition) is 1. The van der Waals surface area contributed by atoms with Crippen LogP contribution in [0.1, 0.15) is 45.4 Å². The highest BCUT2D eigenvalue weighted by Gasteiger charge is 2.20. The van der Waals surface area contributed by atoms with Crippen LogP contribution in [0.15, 0.2) is 0 Å². The van der Waals surface area contributed by atoms with Crippen LogP contribution in [-0.2, 0) is 0 Å². The Hall–Kier alpha value is 0.310. The van der Waals surface area contributed by atoms with Crippen LogP contribution < -0.4 is 5.32 Å². The molecule has 1 N–H and O–H groups in total. The van der Waals surface area contributed by atoms with Gasteiger partial charge in [0.15, 0.2) is 0 Å². The fourth-order valence-corrected chi connectivity index (χ4v) is 3.00. The lowest BCUT2D eigenvalue weighted by atomic mass is 9.83. The first-order valence-electron chi connectivity index (χ1n) is 6.09. The van der Waals surface area contributed by atoms with E-state index >= 15 is 0 Å². The van der Waals surface area contributed by atoms with Crippen molar-refractivity contribution in [3.63, 3.8) is 0 Å². The van der Waals surface area contributed by atoms with E-state index in [1.165, 1.54) is 44.3 Å². The van der Waals surface area contributed by atoms with Gasteiger partial charge in [-0.25, -0.2) is 0 Å². The normalized spacial score (nSPS) is 27.9. The standard InChI is InChI=1S/C12H25NS/c1-3-13-12-8-4-6-11(10-12)7-5-9-14-2/h11-13H,3-10H2,1-2H3. The van der Waals surface area contributed by atoms with Crippen LogP contribution in [0.25, 0.3) is 0 Å². The van der Waals surface area contributed by atoms with Crippen LogP contribution in [0.5, 0.6) is 0 Å². The fourth-order valence-electron chi connectivity index (χ4n) is 2.54. The van der Waals surface area contributed by atoms with Crippen molar-refractivity contribution in [2.24, 2.45) is 5.92 Å². The molecule has 1 nitrogen and oxygen atoms in total. The Balaban J connectivity index is 2.12. The van der Waals surface area contributed by atoms with E-state index < -0.39 is 0 Å². The average Bonchev–Trinajstić information content (AvgIpc) is 2.19. The van der Waals surface area contributed by atoms with E-state index in [1.54, 1.807) is 0 Å². The van der Waals surface area contributed by atoms with Gasteiger partial charge in [0.2, 0.25) is 0 Å². The molecule has 0 bridgehead atoms. The lowest BCUT2D eigenvalue weighted by Crippen LogP contribution is -2.33. The Bertz CT molecular complexity index is 136. The van der Waals surface area contributed by atoms with E-state index in [2.05, 4.69) is 18.5 Å². The van der Waals surface area contributed by atoms with Crippen molar-refractivity contribution in [1.29, 1.82) is 0 Å². The van der Waals surface area contributed by atoms with Crippen molar-refractivity contribution in [2.45, 2.75) is 51.5 Å². The summed E-state index contributed by atoms with van der Waals surface area (Å²) in [5.74, 6) is 2.36. The molecule has 0 radical (unpaired) electrons. The molecule has 0 amide bonds. The van der Waals surface area contributed by atoms with Gasteiger partial charge in [0.05, 0.1) is 0 Å². The molecule has 0 heterocycles. The van der Waals surface area contributed by atoms with Gasteiger partial charge >= 0.3 is 0 Å². The summed E-state index contributed by atoms with van der Waals surface area (Å²) in [6.07, 6.45) is 10.9. The van der Waals surface area contributed by atoms with Crippen molar-refractivity contribution in [2.75, 3.05) is 18.6 Å². The highest BCUT2D eigenvalue weighted by Crippen LogP contribution is 2.28. The number of hydrogen-bond acceptors (Lipinski definition) is 2. The summed E-state index contributed by atoms with van der Waals surface area (Å²) >= 11 is 1.99. The van der Waals surface area contributed by atoms with Gasteiger partial charge in [0.25, 0.3) is 0 Å². The Morgan fingerprint density at radius 1 is 1.36 bits per heavy atom. The summed E-state index contributed by atoms with van der Waals surface area (Å²) in [6.45, 7) is 3.36. The molecule has 1 saturated carbocycles. The third-order valence-electron chi connectivity index (χ3n) is 3.24. The first kappa shape index (κ1) is 12.4. The molecule has 0 aromatic rings. The molecule has 0 aromatic carbocycles. The minimum atomic E-state index is 0.827. The van der Waals surface area contributed by atoms with E-state index in [4.69, 9.17) is 0 Å². The maximum Gasteiger partial charge on any atom is 0.00695 e. The third-order valence-corrected chi connectivity index (χ3v) is 3.93. The van der Waals surface area contributed by atoms with Crippen molar-refractivity contribution >= 4 is 11.8 Å². The molecule has 1 fully saturated rings. The Labute approximate surface area is 93.4 Å². The molecule has 2 unspecified atom stereocenters. The maximum absolute atomic E-state index is 3.60. The van der Waals surface area contributed by atoms with E-state index in [0.29, 0.717) is 0 Å². The van der Waals surface area contributed by atoms with Crippen LogP contribution in [0.4, 0.5) is 0 Å². The van der Waals surface area contributed by atoms with Crippen molar-refractivity contribution in [3.8, 4) is 0 Å². The predicted molar refractivity (Wildman–Crippen MR) is 67.0 cm³/mol. The molecule has 14 heavy (non-hydrogen) atoms. The van der Waals surface area contributed by atoms with Crippen LogP contribution in [0, 0.1) is 5.92 Å². The molecule has 84 valence electrons. The van der Waals surface area contributed by atoms with Gasteiger partial charge in [0, 0.05) is 6.04 Å². The summed E-state index contributed by atoms with van der Waals surface area (Å²) in [7, 11) is 0. The van der Waals surface area contributed by atoms with Crippen molar-refractivity contribution in [1.82, 2.24) is 5.32 Å². The Morgan fingerprint density at radius 3 is 2.93 bits per heavy atom. The van der Waals surface area contributed by atoms with Crippen LogP contribution in [0.3, 0.4) is 0 Å². The van der Waals surface area contributed by atoms with Crippen molar-refractivity contribution in [3.05, 3.63) is 0 Å². The lowest BCUT2D eigenvalue weighted by Gasteiger charge is -2.29.